The molecule has 0 saturated carbocycles. The minimum atomic E-state index is 0.124. The van der Waals surface area contributed by atoms with E-state index in [1.54, 1.807) is 5.38 Å². The first-order valence-corrected chi connectivity index (χ1v) is 6.97. The van der Waals surface area contributed by atoms with Crippen molar-refractivity contribution in [2.45, 2.75) is 44.8 Å². The monoisotopic (exact) mass is 254 g/mol. The lowest BCUT2D eigenvalue weighted by Crippen LogP contribution is -2.07. The van der Waals surface area contributed by atoms with E-state index in [0.717, 1.165) is 37.3 Å². The van der Waals surface area contributed by atoms with E-state index in [9.17, 15) is 4.79 Å². The van der Waals surface area contributed by atoms with Gasteiger partial charge in [-0.2, -0.15) is 0 Å². The average Bonchev–Trinajstić information content (AvgIpc) is 2.99. The highest BCUT2D eigenvalue weighted by atomic mass is 32.1. The van der Waals surface area contributed by atoms with E-state index in [-0.39, 0.29) is 5.78 Å². The third-order valence-electron chi connectivity index (χ3n) is 2.97. The summed E-state index contributed by atoms with van der Waals surface area (Å²) in [5, 5.41) is 2.63. The Kier molecular flexibility index (Phi) is 4.65. The zero-order valence-electron chi connectivity index (χ0n) is 9.85. The normalized spacial score (nSPS) is 19.7. The van der Waals surface area contributed by atoms with Gasteiger partial charge >= 0.3 is 0 Å². The lowest BCUT2D eigenvalue weighted by Gasteiger charge is -2.07. The van der Waals surface area contributed by atoms with E-state index in [0.29, 0.717) is 24.8 Å². The molecule has 17 heavy (non-hydrogen) atoms. The van der Waals surface area contributed by atoms with Crippen molar-refractivity contribution in [3.63, 3.8) is 0 Å². The molecule has 2 rings (SSSR count). The lowest BCUT2D eigenvalue weighted by molar-refractivity contribution is 0.0919. The maximum Gasteiger partial charge on any atom is 0.182 e. The number of rotatable bonds is 6. The van der Waals surface area contributed by atoms with Crippen molar-refractivity contribution in [3.8, 4) is 0 Å². The highest BCUT2D eigenvalue weighted by Gasteiger charge is 2.16. The van der Waals surface area contributed by atoms with E-state index in [4.69, 9.17) is 10.5 Å². The van der Waals surface area contributed by atoms with Crippen molar-refractivity contribution in [1.29, 1.82) is 0 Å². The Morgan fingerprint density at radius 1 is 1.65 bits per heavy atom. The van der Waals surface area contributed by atoms with Gasteiger partial charge in [-0.3, -0.25) is 4.79 Å². The number of aromatic nitrogens is 1. The molecule has 4 nitrogen and oxygen atoms in total. The second-order valence-electron chi connectivity index (χ2n) is 4.28. The molecule has 1 aromatic rings. The van der Waals surface area contributed by atoms with Crippen molar-refractivity contribution >= 4 is 17.1 Å². The van der Waals surface area contributed by atoms with Crippen molar-refractivity contribution < 1.29 is 9.53 Å². The number of hydrogen-bond donors (Lipinski definition) is 1. The third kappa shape index (κ3) is 3.59. The first-order valence-electron chi connectivity index (χ1n) is 6.09. The van der Waals surface area contributed by atoms with Crippen LogP contribution in [0.15, 0.2) is 5.38 Å². The molecule has 1 aliphatic heterocycles. The summed E-state index contributed by atoms with van der Waals surface area (Å²) in [6, 6.07) is 0. The number of ketones is 1. The maximum atomic E-state index is 11.8. The van der Waals surface area contributed by atoms with E-state index in [2.05, 4.69) is 4.98 Å². The highest BCUT2D eigenvalue weighted by molar-refractivity contribution is 7.09. The van der Waals surface area contributed by atoms with Gasteiger partial charge in [-0.25, -0.2) is 4.98 Å². The number of ether oxygens (including phenoxy) is 1. The van der Waals surface area contributed by atoms with Gasteiger partial charge in [-0.15, -0.1) is 11.3 Å². The molecule has 1 unspecified atom stereocenters. The van der Waals surface area contributed by atoms with Crippen LogP contribution in [0.5, 0.6) is 0 Å². The highest BCUT2D eigenvalue weighted by Crippen LogP contribution is 2.19. The molecule has 0 spiro atoms. The van der Waals surface area contributed by atoms with E-state index >= 15 is 0 Å². The molecular formula is C12H18N2O2S. The molecular weight excluding hydrogens is 236 g/mol. The van der Waals surface area contributed by atoms with Crippen molar-refractivity contribution in [2.24, 2.45) is 5.73 Å². The molecule has 0 radical (unpaired) electrons. The van der Waals surface area contributed by atoms with Crippen LogP contribution in [-0.4, -0.2) is 23.5 Å². The zero-order chi connectivity index (χ0) is 12.1. The van der Waals surface area contributed by atoms with Crippen LogP contribution >= 0.6 is 11.3 Å². The maximum absolute atomic E-state index is 11.8. The predicted molar refractivity (Wildman–Crippen MR) is 67.2 cm³/mol. The zero-order valence-corrected chi connectivity index (χ0v) is 10.7. The van der Waals surface area contributed by atoms with Crippen LogP contribution in [0.4, 0.5) is 0 Å². The largest absolute Gasteiger partial charge is 0.378 e. The molecule has 1 saturated heterocycles. The summed E-state index contributed by atoms with van der Waals surface area (Å²) < 4.78 is 5.52. The summed E-state index contributed by atoms with van der Waals surface area (Å²) in [6.07, 6.45) is 5.11. The summed E-state index contributed by atoms with van der Waals surface area (Å²) >= 11 is 1.46. The van der Waals surface area contributed by atoms with E-state index in [1.807, 2.05) is 0 Å². The van der Waals surface area contributed by atoms with Crippen molar-refractivity contribution in [3.05, 3.63) is 16.1 Å². The molecule has 5 heteroatoms. The van der Waals surface area contributed by atoms with Gasteiger partial charge < -0.3 is 10.5 Å². The second-order valence-corrected chi connectivity index (χ2v) is 5.22. The minimum absolute atomic E-state index is 0.124. The summed E-state index contributed by atoms with van der Waals surface area (Å²) in [6.45, 7) is 1.29. The van der Waals surface area contributed by atoms with Gasteiger partial charge in [0.25, 0.3) is 0 Å². The van der Waals surface area contributed by atoms with Crippen LogP contribution in [0.2, 0.25) is 0 Å². The molecule has 1 aliphatic rings. The number of thiazole rings is 1. The smallest absolute Gasteiger partial charge is 0.182 e. The first kappa shape index (κ1) is 12.7. The molecule has 0 amide bonds. The minimum Gasteiger partial charge on any atom is -0.378 e. The van der Waals surface area contributed by atoms with Crippen LogP contribution in [-0.2, 0) is 11.3 Å². The van der Waals surface area contributed by atoms with Crippen LogP contribution < -0.4 is 5.73 Å². The number of carbonyl (C=O) groups excluding carboxylic acids is 1. The van der Waals surface area contributed by atoms with Crippen LogP contribution in [0, 0.1) is 0 Å². The molecule has 0 bridgehead atoms. The molecule has 0 aromatic carbocycles. The van der Waals surface area contributed by atoms with Gasteiger partial charge in [0.15, 0.2) is 5.78 Å². The van der Waals surface area contributed by atoms with E-state index < -0.39 is 0 Å². The van der Waals surface area contributed by atoms with Crippen LogP contribution in [0.3, 0.4) is 0 Å². The lowest BCUT2D eigenvalue weighted by atomic mass is 10.1. The Morgan fingerprint density at radius 3 is 3.18 bits per heavy atom. The molecule has 0 aliphatic carbocycles. The Bertz CT molecular complexity index is 372. The number of hydrogen-bond acceptors (Lipinski definition) is 5. The topological polar surface area (TPSA) is 65.2 Å². The summed E-state index contributed by atoms with van der Waals surface area (Å²) in [7, 11) is 0. The summed E-state index contributed by atoms with van der Waals surface area (Å²) in [5.74, 6) is 0.124. The number of nitrogens with zero attached hydrogens (tertiary/aromatic N) is 1. The number of Topliss-reactive ketones (excluding diaryl/α,β-unsaturated/α-hetero) is 1. The molecule has 1 fully saturated rings. The Labute approximate surface area is 105 Å². The van der Waals surface area contributed by atoms with Gasteiger partial charge in [0.1, 0.15) is 10.7 Å². The summed E-state index contributed by atoms with van der Waals surface area (Å²) in [5.41, 5.74) is 6.04. The fourth-order valence-electron chi connectivity index (χ4n) is 2.02. The van der Waals surface area contributed by atoms with Gasteiger partial charge in [-0.1, -0.05) is 0 Å². The fraction of sp³-hybridized carbons (Fsp3) is 0.667. The van der Waals surface area contributed by atoms with Gasteiger partial charge in [-0.05, 0) is 25.7 Å². The molecule has 2 N–H and O–H groups in total. The average molecular weight is 254 g/mol. The number of nitrogens with two attached hydrogens (primary N) is 1. The molecule has 1 aromatic heterocycles. The molecule has 1 atom stereocenters. The second kappa shape index (κ2) is 6.23. The van der Waals surface area contributed by atoms with Crippen LogP contribution in [0.25, 0.3) is 0 Å². The molecule has 94 valence electrons. The SMILES string of the molecule is NCc1nc(C(=O)CCCC2CCCO2)cs1. The number of carbonyl (C=O) groups is 1. The van der Waals surface area contributed by atoms with Gasteiger partial charge in [0.05, 0.1) is 6.10 Å². The standard InChI is InChI=1S/C12H18N2O2S/c13-7-12-14-10(8-17-12)11(15)5-1-3-9-4-2-6-16-9/h8-9H,1-7,13H2. The van der Waals surface area contributed by atoms with Gasteiger partial charge in [0, 0.05) is 25.0 Å². The van der Waals surface area contributed by atoms with E-state index in [1.165, 1.54) is 11.3 Å². The van der Waals surface area contributed by atoms with Crippen molar-refractivity contribution in [2.75, 3.05) is 6.61 Å². The van der Waals surface area contributed by atoms with Crippen LogP contribution in [0.1, 0.15) is 47.6 Å². The Hall–Kier alpha value is -0.780. The quantitative estimate of drug-likeness (QED) is 0.790. The Morgan fingerprint density at radius 2 is 2.53 bits per heavy atom. The first-order chi connectivity index (χ1) is 8.29. The Balaban J connectivity index is 1.72. The fourth-order valence-corrected chi connectivity index (χ4v) is 2.70. The third-order valence-corrected chi connectivity index (χ3v) is 3.84. The molecule has 2 heterocycles. The van der Waals surface area contributed by atoms with Crippen molar-refractivity contribution in [1.82, 2.24) is 4.98 Å². The van der Waals surface area contributed by atoms with Gasteiger partial charge in [0.2, 0.25) is 0 Å². The predicted octanol–water partition coefficient (Wildman–Crippen LogP) is 2.13. The summed E-state index contributed by atoms with van der Waals surface area (Å²) in [4.78, 5) is 16.0.